The molecule has 3 aliphatic heterocycles. The lowest BCUT2D eigenvalue weighted by Gasteiger charge is -2.24. The third-order valence-corrected chi connectivity index (χ3v) is 5.75. The number of fused-ring (bicyclic) bond motifs is 5. The van der Waals surface area contributed by atoms with E-state index in [1.807, 2.05) is 36.4 Å². The molecule has 0 radical (unpaired) electrons. The van der Waals surface area contributed by atoms with Gasteiger partial charge in [-0.25, -0.2) is 0 Å². The molecule has 6 rings (SSSR count). The number of anilines is 1. The summed E-state index contributed by atoms with van der Waals surface area (Å²) >= 11 is 0. The molecule has 7 nitrogen and oxygen atoms in total. The Hall–Kier alpha value is -3.61. The number of nitrogens with zero attached hydrogens (tertiary/aromatic N) is 3. The second-order valence-corrected chi connectivity index (χ2v) is 7.29. The van der Waals surface area contributed by atoms with Crippen LogP contribution in [0.5, 0.6) is 17.2 Å². The highest BCUT2D eigenvalue weighted by molar-refractivity contribution is 6.11. The molecular weight excluding hydrogens is 370 g/mol. The van der Waals surface area contributed by atoms with Gasteiger partial charge in [0.2, 0.25) is 5.91 Å². The molecule has 1 unspecified atom stereocenters. The van der Waals surface area contributed by atoms with Crippen molar-refractivity contribution in [2.24, 2.45) is 0 Å². The van der Waals surface area contributed by atoms with Crippen LogP contribution in [0.4, 0.5) is 5.69 Å². The van der Waals surface area contributed by atoms with Crippen LogP contribution in [0.15, 0.2) is 55.0 Å². The summed E-state index contributed by atoms with van der Waals surface area (Å²) in [5.41, 5.74) is 2.46. The van der Waals surface area contributed by atoms with Gasteiger partial charge in [-0.15, -0.1) is 0 Å². The molecule has 7 heteroatoms. The highest BCUT2D eigenvalue weighted by Crippen LogP contribution is 2.54. The Labute approximate surface area is 166 Å². The van der Waals surface area contributed by atoms with Gasteiger partial charge in [-0.05, 0) is 17.7 Å². The molecule has 0 aliphatic carbocycles. The number of aromatic nitrogens is 2. The van der Waals surface area contributed by atoms with Gasteiger partial charge in [-0.2, -0.15) is 0 Å². The summed E-state index contributed by atoms with van der Waals surface area (Å²) in [5.74, 6) is 1.94. The minimum Gasteiger partial charge on any atom is -0.491 e. The van der Waals surface area contributed by atoms with E-state index in [0.29, 0.717) is 37.0 Å². The molecule has 1 amide bonds. The second kappa shape index (κ2) is 5.94. The molecule has 0 N–H and O–H groups in total. The molecule has 144 valence electrons. The van der Waals surface area contributed by atoms with Crippen molar-refractivity contribution in [3.8, 4) is 17.2 Å². The number of carbonyl (C=O) groups excluding carboxylic acids is 1. The third kappa shape index (κ3) is 2.21. The average Bonchev–Trinajstić information content (AvgIpc) is 3.25. The van der Waals surface area contributed by atoms with Crippen molar-refractivity contribution in [3.63, 3.8) is 0 Å². The normalized spacial score (nSPS) is 21.1. The number of hydrogen-bond donors (Lipinski definition) is 0. The maximum absolute atomic E-state index is 13.8. The van der Waals surface area contributed by atoms with E-state index in [9.17, 15) is 4.79 Å². The van der Waals surface area contributed by atoms with Crippen LogP contribution in [0.2, 0.25) is 0 Å². The third-order valence-electron chi connectivity index (χ3n) is 5.75. The molecule has 0 saturated carbocycles. The number of para-hydroxylation sites is 1. The van der Waals surface area contributed by atoms with Gasteiger partial charge in [0, 0.05) is 29.7 Å². The fraction of sp³-hybridized carbons (Fsp3) is 0.227. The van der Waals surface area contributed by atoms with Gasteiger partial charge >= 0.3 is 0 Å². The minimum absolute atomic E-state index is 0.0280. The first-order chi connectivity index (χ1) is 14.3. The SMILES string of the molecule is O=C1N(Cc2cnccn2)c2ccccc2C12COc1cc3c(cc12)OCCO3. The summed E-state index contributed by atoms with van der Waals surface area (Å²) in [4.78, 5) is 24.1. The first-order valence-corrected chi connectivity index (χ1v) is 9.51. The van der Waals surface area contributed by atoms with Gasteiger partial charge in [0.05, 0.1) is 18.4 Å². The van der Waals surface area contributed by atoms with Crippen LogP contribution in [-0.2, 0) is 16.8 Å². The number of ether oxygens (including phenoxy) is 3. The van der Waals surface area contributed by atoms with E-state index in [-0.39, 0.29) is 12.5 Å². The molecule has 1 aromatic heterocycles. The van der Waals surface area contributed by atoms with Gasteiger partial charge in [0.15, 0.2) is 11.5 Å². The van der Waals surface area contributed by atoms with Crippen molar-refractivity contribution in [1.29, 1.82) is 0 Å². The van der Waals surface area contributed by atoms with Crippen LogP contribution >= 0.6 is 0 Å². The molecule has 0 fully saturated rings. The number of hydrogen-bond acceptors (Lipinski definition) is 6. The van der Waals surface area contributed by atoms with Gasteiger partial charge in [0.25, 0.3) is 0 Å². The molecule has 2 aromatic carbocycles. The maximum Gasteiger partial charge on any atom is 0.246 e. The number of rotatable bonds is 2. The second-order valence-electron chi connectivity index (χ2n) is 7.29. The molecule has 3 aliphatic rings. The Bertz CT molecular complexity index is 1130. The predicted molar refractivity (Wildman–Crippen MR) is 103 cm³/mol. The molecular formula is C22H17N3O4. The molecule has 0 bridgehead atoms. The monoisotopic (exact) mass is 387 g/mol. The van der Waals surface area contributed by atoms with E-state index < -0.39 is 5.41 Å². The molecule has 1 atom stereocenters. The summed E-state index contributed by atoms with van der Waals surface area (Å²) < 4.78 is 17.5. The fourth-order valence-corrected chi connectivity index (χ4v) is 4.44. The zero-order chi connectivity index (χ0) is 19.4. The van der Waals surface area contributed by atoms with Crippen LogP contribution in [0.25, 0.3) is 0 Å². The van der Waals surface area contributed by atoms with Crippen molar-refractivity contribution in [1.82, 2.24) is 9.97 Å². The Morgan fingerprint density at radius 2 is 1.79 bits per heavy atom. The lowest BCUT2D eigenvalue weighted by Crippen LogP contribution is -2.42. The quantitative estimate of drug-likeness (QED) is 0.673. The average molecular weight is 387 g/mol. The first kappa shape index (κ1) is 16.4. The van der Waals surface area contributed by atoms with E-state index >= 15 is 0 Å². The van der Waals surface area contributed by atoms with E-state index in [0.717, 1.165) is 22.5 Å². The maximum atomic E-state index is 13.8. The van der Waals surface area contributed by atoms with E-state index in [1.165, 1.54) is 0 Å². The lowest BCUT2D eigenvalue weighted by atomic mass is 9.77. The fourth-order valence-electron chi connectivity index (χ4n) is 4.44. The molecule has 1 spiro atoms. The standard InChI is InChI=1S/C22H17N3O4/c26-21-22(13-29-18-10-20-19(9-16(18)22)27-7-8-28-20)15-3-1-2-4-17(15)25(21)12-14-11-23-5-6-24-14/h1-6,9-11H,7-8,12-13H2. The summed E-state index contributed by atoms with van der Waals surface area (Å²) in [6.45, 7) is 1.59. The smallest absolute Gasteiger partial charge is 0.246 e. The summed E-state index contributed by atoms with van der Waals surface area (Å²) in [6.07, 6.45) is 4.94. The van der Waals surface area contributed by atoms with Crippen LogP contribution in [0.3, 0.4) is 0 Å². The van der Waals surface area contributed by atoms with Crippen molar-refractivity contribution >= 4 is 11.6 Å². The van der Waals surface area contributed by atoms with Crippen LogP contribution in [-0.4, -0.2) is 35.7 Å². The molecule has 4 heterocycles. The Morgan fingerprint density at radius 1 is 0.966 bits per heavy atom. The van der Waals surface area contributed by atoms with Crippen LogP contribution in [0.1, 0.15) is 16.8 Å². The summed E-state index contributed by atoms with van der Waals surface area (Å²) in [6, 6.07) is 11.6. The summed E-state index contributed by atoms with van der Waals surface area (Å²) in [5, 5.41) is 0. The van der Waals surface area contributed by atoms with Crippen LogP contribution < -0.4 is 19.1 Å². The van der Waals surface area contributed by atoms with Gasteiger partial charge in [0.1, 0.15) is 31.0 Å². The molecule has 3 aromatic rings. The van der Waals surface area contributed by atoms with Crippen LogP contribution in [0, 0.1) is 0 Å². The Morgan fingerprint density at radius 3 is 2.62 bits per heavy atom. The first-order valence-electron chi connectivity index (χ1n) is 9.51. The van der Waals surface area contributed by atoms with Crippen molar-refractivity contribution < 1.29 is 19.0 Å². The predicted octanol–water partition coefficient (Wildman–Crippen LogP) is 2.47. The molecule has 29 heavy (non-hydrogen) atoms. The van der Waals surface area contributed by atoms with Crippen molar-refractivity contribution in [3.05, 3.63) is 71.8 Å². The topological polar surface area (TPSA) is 73.8 Å². The van der Waals surface area contributed by atoms with Gasteiger partial charge in [-0.3, -0.25) is 14.8 Å². The largest absolute Gasteiger partial charge is 0.491 e. The number of amides is 1. The zero-order valence-electron chi connectivity index (χ0n) is 15.5. The number of carbonyl (C=O) groups is 1. The van der Waals surface area contributed by atoms with Crippen molar-refractivity contribution in [2.45, 2.75) is 12.0 Å². The highest BCUT2D eigenvalue weighted by Gasteiger charge is 2.57. The van der Waals surface area contributed by atoms with E-state index in [1.54, 1.807) is 23.5 Å². The summed E-state index contributed by atoms with van der Waals surface area (Å²) in [7, 11) is 0. The lowest BCUT2D eigenvalue weighted by molar-refractivity contribution is -0.122. The number of benzene rings is 2. The van der Waals surface area contributed by atoms with Gasteiger partial charge < -0.3 is 19.1 Å². The van der Waals surface area contributed by atoms with Gasteiger partial charge in [-0.1, -0.05) is 18.2 Å². The van der Waals surface area contributed by atoms with E-state index in [2.05, 4.69) is 9.97 Å². The highest BCUT2D eigenvalue weighted by atomic mass is 16.6. The van der Waals surface area contributed by atoms with E-state index in [4.69, 9.17) is 14.2 Å². The minimum atomic E-state index is -0.899. The Balaban J connectivity index is 1.51. The van der Waals surface area contributed by atoms with Crippen molar-refractivity contribution in [2.75, 3.05) is 24.7 Å². The zero-order valence-corrected chi connectivity index (χ0v) is 15.5. The Kier molecular flexibility index (Phi) is 3.35. The molecule has 0 saturated heterocycles.